The molecule has 90 valence electrons. The summed E-state index contributed by atoms with van der Waals surface area (Å²) in [6, 6.07) is 3.41. The van der Waals surface area contributed by atoms with E-state index in [0.717, 1.165) is 12.0 Å². The molecule has 0 radical (unpaired) electrons. The van der Waals surface area contributed by atoms with Crippen LogP contribution >= 0.6 is 23.2 Å². The first-order chi connectivity index (χ1) is 7.45. The zero-order valence-corrected chi connectivity index (χ0v) is 11.3. The zero-order valence-electron chi connectivity index (χ0n) is 9.76. The Morgan fingerprint density at radius 1 is 1.25 bits per heavy atom. The van der Waals surface area contributed by atoms with E-state index >= 15 is 0 Å². The Balaban J connectivity index is 3.03. The van der Waals surface area contributed by atoms with Gasteiger partial charge in [0.25, 0.3) is 0 Å². The zero-order chi connectivity index (χ0) is 12.3. The van der Waals surface area contributed by atoms with Crippen molar-refractivity contribution < 1.29 is 4.74 Å². The van der Waals surface area contributed by atoms with Crippen molar-refractivity contribution in [3.05, 3.63) is 27.7 Å². The lowest BCUT2D eigenvalue weighted by molar-refractivity contribution is 0.413. The lowest BCUT2D eigenvalue weighted by atomic mass is 9.97. The minimum absolute atomic E-state index is 0.0846. The molecule has 1 unspecified atom stereocenters. The van der Waals surface area contributed by atoms with E-state index in [9.17, 15) is 0 Å². The van der Waals surface area contributed by atoms with Crippen LogP contribution in [0.3, 0.4) is 0 Å². The highest BCUT2D eigenvalue weighted by molar-refractivity contribution is 6.36. The molecule has 2 N–H and O–H groups in total. The monoisotopic (exact) mass is 261 g/mol. The maximum Gasteiger partial charge on any atom is 0.137 e. The molecule has 0 aliphatic heterocycles. The molecule has 0 bridgehead atoms. The summed E-state index contributed by atoms with van der Waals surface area (Å²) in [6.45, 7) is 4.25. The lowest BCUT2D eigenvalue weighted by Gasteiger charge is -2.17. The maximum absolute atomic E-state index is 6.12. The Hall–Kier alpha value is -0.440. The van der Waals surface area contributed by atoms with E-state index in [0.29, 0.717) is 21.7 Å². The third kappa shape index (κ3) is 3.27. The largest absolute Gasteiger partial charge is 0.495 e. The van der Waals surface area contributed by atoms with E-state index < -0.39 is 0 Å². The second kappa shape index (κ2) is 5.76. The molecule has 0 amide bonds. The van der Waals surface area contributed by atoms with E-state index in [2.05, 4.69) is 13.8 Å². The predicted octanol–water partition coefficient (Wildman–Crippen LogP) is 4.05. The van der Waals surface area contributed by atoms with Gasteiger partial charge >= 0.3 is 0 Å². The van der Waals surface area contributed by atoms with Crippen LogP contribution in [-0.2, 0) is 0 Å². The van der Waals surface area contributed by atoms with E-state index in [1.165, 1.54) is 0 Å². The molecular weight excluding hydrogens is 245 g/mol. The number of halogens is 2. The molecule has 1 aromatic rings. The van der Waals surface area contributed by atoms with Gasteiger partial charge in [-0.1, -0.05) is 37.0 Å². The summed E-state index contributed by atoms with van der Waals surface area (Å²) >= 11 is 12.1. The molecule has 0 aliphatic carbocycles. The Kier molecular flexibility index (Phi) is 4.90. The fraction of sp³-hybridized carbons (Fsp3) is 0.500. The second-order valence-corrected chi connectivity index (χ2v) is 5.06. The number of benzene rings is 1. The van der Waals surface area contributed by atoms with Crippen molar-refractivity contribution >= 4 is 23.2 Å². The van der Waals surface area contributed by atoms with Gasteiger partial charge in [0.1, 0.15) is 5.75 Å². The molecule has 16 heavy (non-hydrogen) atoms. The second-order valence-electron chi connectivity index (χ2n) is 4.24. The first kappa shape index (κ1) is 13.6. The molecular formula is C12H17Cl2NO. The summed E-state index contributed by atoms with van der Waals surface area (Å²) < 4.78 is 5.15. The first-order valence-corrected chi connectivity index (χ1v) is 5.99. The molecule has 4 heteroatoms. The van der Waals surface area contributed by atoms with E-state index in [1.807, 2.05) is 6.07 Å². The van der Waals surface area contributed by atoms with Gasteiger partial charge in [0.2, 0.25) is 0 Å². The number of rotatable bonds is 4. The molecule has 0 saturated heterocycles. The number of methoxy groups -OCH3 is 1. The Morgan fingerprint density at radius 3 is 2.38 bits per heavy atom. The van der Waals surface area contributed by atoms with E-state index in [-0.39, 0.29) is 6.04 Å². The third-order valence-electron chi connectivity index (χ3n) is 2.40. The summed E-state index contributed by atoms with van der Waals surface area (Å²) in [5.41, 5.74) is 6.97. The highest BCUT2D eigenvalue weighted by atomic mass is 35.5. The van der Waals surface area contributed by atoms with Crippen molar-refractivity contribution in [3.63, 3.8) is 0 Å². The van der Waals surface area contributed by atoms with Crippen LogP contribution in [0.5, 0.6) is 5.75 Å². The predicted molar refractivity (Wildman–Crippen MR) is 69.4 cm³/mol. The van der Waals surface area contributed by atoms with Crippen LogP contribution in [0.4, 0.5) is 0 Å². The van der Waals surface area contributed by atoms with Gasteiger partial charge in [0, 0.05) is 11.1 Å². The van der Waals surface area contributed by atoms with Crippen molar-refractivity contribution in [1.29, 1.82) is 0 Å². The van der Waals surface area contributed by atoms with Crippen molar-refractivity contribution in [3.8, 4) is 5.75 Å². The van der Waals surface area contributed by atoms with Gasteiger partial charge in [-0.15, -0.1) is 0 Å². The van der Waals surface area contributed by atoms with Gasteiger partial charge in [-0.05, 0) is 30.0 Å². The molecule has 1 aromatic carbocycles. The van der Waals surface area contributed by atoms with Crippen LogP contribution < -0.4 is 10.5 Å². The van der Waals surface area contributed by atoms with Crippen molar-refractivity contribution in [2.24, 2.45) is 11.7 Å². The van der Waals surface area contributed by atoms with Gasteiger partial charge in [-0.2, -0.15) is 0 Å². The van der Waals surface area contributed by atoms with Crippen LogP contribution in [0, 0.1) is 5.92 Å². The molecule has 0 fully saturated rings. The van der Waals surface area contributed by atoms with Gasteiger partial charge in [0.15, 0.2) is 0 Å². The molecule has 0 saturated carbocycles. The SMILES string of the molecule is COc1cc(C(N)CC(C)C)c(Cl)cc1Cl. The fourth-order valence-corrected chi connectivity index (χ4v) is 2.22. The molecule has 0 aromatic heterocycles. The minimum Gasteiger partial charge on any atom is -0.495 e. The number of hydrogen-bond acceptors (Lipinski definition) is 2. The fourth-order valence-electron chi connectivity index (χ4n) is 1.62. The molecule has 1 atom stereocenters. The summed E-state index contributed by atoms with van der Waals surface area (Å²) in [4.78, 5) is 0. The number of hydrogen-bond donors (Lipinski definition) is 1. The standard InChI is InChI=1S/C12H17Cl2NO/c1-7(2)4-11(15)8-5-12(16-3)10(14)6-9(8)13/h5-7,11H,4,15H2,1-3H3. The Labute approximate surface area is 107 Å². The smallest absolute Gasteiger partial charge is 0.137 e. The van der Waals surface area contributed by atoms with Crippen LogP contribution in [0.2, 0.25) is 10.0 Å². The van der Waals surface area contributed by atoms with E-state index in [4.69, 9.17) is 33.7 Å². The minimum atomic E-state index is -0.0846. The molecule has 1 rings (SSSR count). The Bertz CT molecular complexity index is 366. The van der Waals surface area contributed by atoms with Gasteiger partial charge in [-0.25, -0.2) is 0 Å². The quantitative estimate of drug-likeness (QED) is 0.888. The first-order valence-electron chi connectivity index (χ1n) is 5.24. The van der Waals surface area contributed by atoms with Crippen molar-refractivity contribution in [1.82, 2.24) is 0 Å². The Morgan fingerprint density at radius 2 is 1.88 bits per heavy atom. The third-order valence-corrected chi connectivity index (χ3v) is 3.02. The molecule has 2 nitrogen and oxygen atoms in total. The van der Waals surface area contributed by atoms with Crippen LogP contribution in [0.15, 0.2) is 12.1 Å². The summed E-state index contributed by atoms with van der Waals surface area (Å²) in [5, 5.41) is 1.10. The van der Waals surface area contributed by atoms with Crippen molar-refractivity contribution in [2.45, 2.75) is 26.3 Å². The van der Waals surface area contributed by atoms with Crippen LogP contribution in [0.1, 0.15) is 31.9 Å². The average Bonchev–Trinajstić information content (AvgIpc) is 2.16. The van der Waals surface area contributed by atoms with E-state index in [1.54, 1.807) is 13.2 Å². The summed E-state index contributed by atoms with van der Waals surface area (Å²) in [5.74, 6) is 1.13. The summed E-state index contributed by atoms with van der Waals surface area (Å²) in [7, 11) is 1.58. The topological polar surface area (TPSA) is 35.2 Å². The summed E-state index contributed by atoms with van der Waals surface area (Å²) in [6.07, 6.45) is 0.879. The number of nitrogens with two attached hydrogens (primary N) is 1. The molecule has 0 heterocycles. The van der Waals surface area contributed by atoms with Gasteiger partial charge in [0.05, 0.1) is 12.1 Å². The highest BCUT2D eigenvalue weighted by Gasteiger charge is 2.15. The maximum atomic E-state index is 6.12. The highest BCUT2D eigenvalue weighted by Crippen LogP contribution is 2.34. The normalized spacial score (nSPS) is 12.9. The van der Waals surface area contributed by atoms with Gasteiger partial charge < -0.3 is 10.5 Å². The molecule has 0 aliphatic rings. The van der Waals surface area contributed by atoms with Crippen LogP contribution in [-0.4, -0.2) is 7.11 Å². The molecule has 0 spiro atoms. The average molecular weight is 262 g/mol. The number of ether oxygens (including phenoxy) is 1. The van der Waals surface area contributed by atoms with Crippen LogP contribution in [0.25, 0.3) is 0 Å². The lowest BCUT2D eigenvalue weighted by Crippen LogP contribution is -2.13. The van der Waals surface area contributed by atoms with Gasteiger partial charge in [-0.3, -0.25) is 0 Å². The van der Waals surface area contributed by atoms with Crippen molar-refractivity contribution in [2.75, 3.05) is 7.11 Å².